The van der Waals surface area contributed by atoms with Crippen LogP contribution in [-0.4, -0.2) is 42.4 Å². The number of aliphatic imine (C=N–C) groups is 1. The maximum atomic E-state index is 12.5. The zero-order valence-electron chi connectivity index (χ0n) is 15.2. The van der Waals surface area contributed by atoms with Crippen molar-refractivity contribution in [1.82, 2.24) is 10.2 Å². The fraction of sp³-hybridized carbons (Fsp3) is 0.111. The van der Waals surface area contributed by atoms with E-state index in [0.29, 0.717) is 0 Å². The molecule has 0 aliphatic carbocycles. The quantitative estimate of drug-likeness (QED) is 0.419. The van der Waals surface area contributed by atoms with Crippen LogP contribution in [0.2, 0.25) is 10.0 Å². The number of methoxy groups -OCH3 is 1. The molecule has 0 saturated carbocycles. The second-order valence-electron chi connectivity index (χ2n) is 5.39. The van der Waals surface area contributed by atoms with E-state index in [4.69, 9.17) is 34.2 Å². The van der Waals surface area contributed by atoms with Crippen molar-refractivity contribution in [2.45, 2.75) is 0 Å². The predicted octanol–water partition coefficient (Wildman–Crippen LogP) is 2.72. The van der Waals surface area contributed by atoms with E-state index in [1.165, 1.54) is 44.6 Å². The number of nitrogens with two attached hydrogens (primary N) is 1. The van der Waals surface area contributed by atoms with E-state index in [1.807, 2.05) is 6.07 Å². The third-order valence-electron chi connectivity index (χ3n) is 3.56. The number of benzene rings is 1. The van der Waals surface area contributed by atoms with Gasteiger partial charge in [0.15, 0.2) is 5.69 Å². The first-order valence-electron chi connectivity index (χ1n) is 7.87. The maximum absolute atomic E-state index is 12.5. The molecule has 0 radical (unpaired) electrons. The lowest BCUT2D eigenvalue weighted by atomic mass is 10.1. The summed E-state index contributed by atoms with van der Waals surface area (Å²) in [6.07, 6.45) is 1.29. The number of carbonyl (C=O) groups is 2. The molecule has 1 heterocycles. The van der Waals surface area contributed by atoms with Crippen molar-refractivity contribution in [3.63, 3.8) is 0 Å². The molecule has 0 bridgehead atoms. The molecule has 9 nitrogen and oxygen atoms in total. The van der Waals surface area contributed by atoms with Gasteiger partial charge in [0.1, 0.15) is 11.8 Å². The van der Waals surface area contributed by atoms with Gasteiger partial charge in [0.2, 0.25) is 0 Å². The lowest BCUT2D eigenvalue weighted by Gasteiger charge is -2.11. The van der Waals surface area contributed by atoms with Crippen LogP contribution in [-0.2, 0) is 4.74 Å². The van der Waals surface area contributed by atoms with Crippen molar-refractivity contribution in [1.29, 1.82) is 5.26 Å². The number of rotatable bonds is 5. The minimum atomic E-state index is -0.708. The number of ether oxygens (including phenoxy) is 1. The highest BCUT2D eigenvalue weighted by molar-refractivity contribution is 6.42. The highest BCUT2D eigenvalue weighted by atomic mass is 35.5. The molecule has 0 unspecified atom stereocenters. The summed E-state index contributed by atoms with van der Waals surface area (Å²) in [5, 5.41) is 19.5. The lowest BCUT2D eigenvalue weighted by Crippen LogP contribution is -2.18. The van der Waals surface area contributed by atoms with E-state index in [-0.39, 0.29) is 44.0 Å². The number of nitrogens with zero attached hydrogens (tertiary/aromatic N) is 4. The molecule has 1 amide bonds. The first-order chi connectivity index (χ1) is 13.8. The second-order valence-corrected chi connectivity index (χ2v) is 6.20. The largest absolute Gasteiger partial charge is 0.465 e. The summed E-state index contributed by atoms with van der Waals surface area (Å²) in [5.41, 5.74) is 6.28. The zero-order valence-corrected chi connectivity index (χ0v) is 16.7. The minimum Gasteiger partial charge on any atom is -0.465 e. The van der Waals surface area contributed by atoms with E-state index >= 15 is 0 Å². The van der Waals surface area contributed by atoms with Gasteiger partial charge in [-0.05, 0) is 24.3 Å². The summed E-state index contributed by atoms with van der Waals surface area (Å²) in [4.78, 5) is 28.1. The summed E-state index contributed by atoms with van der Waals surface area (Å²) in [6, 6.07) is 7.28. The van der Waals surface area contributed by atoms with Crippen LogP contribution in [0.5, 0.6) is 0 Å². The zero-order chi connectivity index (χ0) is 21.6. The third kappa shape index (κ3) is 5.07. The molecule has 1 aromatic heterocycles. The Morgan fingerprint density at radius 3 is 2.41 bits per heavy atom. The average Bonchev–Trinajstić information content (AvgIpc) is 2.73. The van der Waals surface area contributed by atoms with Crippen molar-refractivity contribution >= 4 is 52.7 Å². The summed E-state index contributed by atoms with van der Waals surface area (Å²) in [7, 11) is 2.69. The number of esters is 1. The van der Waals surface area contributed by atoms with Gasteiger partial charge in [-0.15, -0.1) is 10.2 Å². The number of halogens is 2. The molecule has 0 aliphatic heterocycles. The van der Waals surface area contributed by atoms with Gasteiger partial charge in [-0.2, -0.15) is 5.26 Å². The van der Waals surface area contributed by atoms with Crippen molar-refractivity contribution in [3.05, 3.63) is 56.8 Å². The summed E-state index contributed by atoms with van der Waals surface area (Å²) in [5.74, 6) is -1.37. The molecule has 0 spiro atoms. The van der Waals surface area contributed by atoms with Crippen LogP contribution in [0.3, 0.4) is 0 Å². The number of nitriles is 1. The molecule has 0 saturated heterocycles. The standard InChI is InChI=1S/C18H14Cl2N6O3/c1-23-8-9(7-21)16(22)13-3-4-14(26-25-13)17(27)24-15-6-12(20)11(19)5-10(15)18(28)29-2/h3-6,8H,22H2,1-2H3,(H,24,27)/b16-9-,23-8?. The first kappa shape index (κ1) is 21.8. The molecule has 3 N–H and O–H groups in total. The van der Waals surface area contributed by atoms with Crippen molar-refractivity contribution in [2.75, 3.05) is 19.5 Å². The lowest BCUT2D eigenvalue weighted by molar-refractivity contribution is 0.0602. The number of anilines is 1. The monoisotopic (exact) mass is 432 g/mol. The van der Waals surface area contributed by atoms with Gasteiger partial charge in [-0.1, -0.05) is 23.2 Å². The fourth-order valence-electron chi connectivity index (χ4n) is 2.14. The van der Waals surface area contributed by atoms with Gasteiger partial charge >= 0.3 is 5.97 Å². The topological polar surface area (TPSA) is 143 Å². The van der Waals surface area contributed by atoms with Crippen LogP contribution >= 0.6 is 23.2 Å². The van der Waals surface area contributed by atoms with E-state index < -0.39 is 11.9 Å². The number of hydrogen-bond donors (Lipinski definition) is 2. The second kappa shape index (κ2) is 9.64. The molecule has 29 heavy (non-hydrogen) atoms. The van der Waals surface area contributed by atoms with Crippen molar-refractivity contribution in [3.8, 4) is 6.07 Å². The molecule has 0 aliphatic rings. The van der Waals surface area contributed by atoms with Crippen LogP contribution in [0, 0.1) is 11.3 Å². The number of allylic oxidation sites excluding steroid dienone is 1. The molecule has 148 valence electrons. The summed E-state index contributed by atoms with van der Waals surface area (Å²) < 4.78 is 4.68. The molecule has 0 fully saturated rings. The Labute approximate surface area is 175 Å². The Morgan fingerprint density at radius 2 is 1.86 bits per heavy atom. The minimum absolute atomic E-state index is 0.0181. The first-order valence-corrected chi connectivity index (χ1v) is 8.62. The van der Waals surface area contributed by atoms with E-state index in [1.54, 1.807) is 0 Å². The Kier molecular flexibility index (Phi) is 7.25. The Morgan fingerprint density at radius 1 is 1.24 bits per heavy atom. The Balaban J connectivity index is 2.33. The van der Waals surface area contributed by atoms with Crippen LogP contribution in [0.15, 0.2) is 34.8 Å². The van der Waals surface area contributed by atoms with Gasteiger partial charge in [-0.25, -0.2) is 4.79 Å². The number of nitrogens with one attached hydrogen (secondary N) is 1. The molecule has 2 aromatic rings. The van der Waals surface area contributed by atoms with E-state index in [2.05, 4.69) is 25.2 Å². The normalized spacial score (nSPS) is 11.6. The molecule has 2 rings (SSSR count). The molecular weight excluding hydrogens is 419 g/mol. The maximum Gasteiger partial charge on any atom is 0.340 e. The van der Waals surface area contributed by atoms with Gasteiger partial charge < -0.3 is 15.8 Å². The molecule has 11 heteroatoms. The van der Waals surface area contributed by atoms with Crippen LogP contribution in [0.25, 0.3) is 5.70 Å². The number of aromatic nitrogens is 2. The Bertz CT molecular complexity index is 1060. The average molecular weight is 433 g/mol. The van der Waals surface area contributed by atoms with E-state index in [0.717, 1.165) is 0 Å². The van der Waals surface area contributed by atoms with Gasteiger partial charge in [0.05, 0.1) is 39.7 Å². The van der Waals surface area contributed by atoms with Gasteiger partial charge in [0.25, 0.3) is 5.91 Å². The van der Waals surface area contributed by atoms with Gasteiger partial charge in [0, 0.05) is 13.3 Å². The predicted molar refractivity (Wildman–Crippen MR) is 109 cm³/mol. The fourth-order valence-corrected chi connectivity index (χ4v) is 2.47. The van der Waals surface area contributed by atoms with Gasteiger partial charge in [-0.3, -0.25) is 9.79 Å². The highest BCUT2D eigenvalue weighted by Crippen LogP contribution is 2.30. The Hall–Kier alpha value is -3.48. The number of carbonyl (C=O) groups excluding carboxylic acids is 2. The molecule has 0 atom stereocenters. The van der Waals surface area contributed by atoms with Crippen molar-refractivity contribution in [2.24, 2.45) is 10.7 Å². The summed E-state index contributed by atoms with van der Waals surface area (Å²) >= 11 is 11.9. The summed E-state index contributed by atoms with van der Waals surface area (Å²) in [6.45, 7) is 0. The third-order valence-corrected chi connectivity index (χ3v) is 4.28. The smallest absolute Gasteiger partial charge is 0.340 e. The van der Waals surface area contributed by atoms with Crippen LogP contribution in [0.1, 0.15) is 26.5 Å². The van der Waals surface area contributed by atoms with Crippen LogP contribution in [0.4, 0.5) is 5.69 Å². The van der Waals surface area contributed by atoms with Crippen LogP contribution < -0.4 is 11.1 Å². The number of hydrogen-bond acceptors (Lipinski definition) is 8. The number of amides is 1. The highest BCUT2D eigenvalue weighted by Gasteiger charge is 2.18. The molecule has 1 aromatic carbocycles. The van der Waals surface area contributed by atoms with Crippen molar-refractivity contribution < 1.29 is 14.3 Å². The SMILES string of the molecule is CN=C/C(C#N)=C(\N)c1ccc(C(=O)Nc2cc(Cl)c(Cl)cc2C(=O)OC)nn1. The molecular formula is C18H14Cl2N6O3. The van der Waals surface area contributed by atoms with E-state index in [9.17, 15) is 9.59 Å².